The summed E-state index contributed by atoms with van der Waals surface area (Å²) >= 11 is 0. The van der Waals surface area contributed by atoms with Crippen LogP contribution >= 0.6 is 0 Å². The third-order valence-corrected chi connectivity index (χ3v) is 3.41. The zero-order valence-corrected chi connectivity index (χ0v) is 18.8. The molecule has 0 atom stereocenters. The van der Waals surface area contributed by atoms with Crippen molar-refractivity contribution in [2.24, 2.45) is 0 Å². The van der Waals surface area contributed by atoms with E-state index in [2.05, 4.69) is 21.3 Å². The number of benzene rings is 1. The van der Waals surface area contributed by atoms with Gasteiger partial charge in [0.1, 0.15) is 0 Å². The maximum absolute atomic E-state index is 11.9. The first-order valence-electron chi connectivity index (χ1n) is 9.09. The molecule has 0 fully saturated rings. The summed E-state index contributed by atoms with van der Waals surface area (Å²) in [5.41, 5.74) is 28.1. The van der Waals surface area contributed by atoms with Crippen molar-refractivity contribution < 1.29 is 52.2 Å². The van der Waals surface area contributed by atoms with E-state index in [1.54, 1.807) is 0 Å². The van der Waals surface area contributed by atoms with Gasteiger partial charge < -0.3 is 63.4 Å². The molecule has 12 nitrogen and oxygen atoms in total. The third kappa shape index (κ3) is 11.5. The van der Waals surface area contributed by atoms with E-state index in [4.69, 9.17) is 22.9 Å². The largest absolute Gasteiger partial charge is 0.677 e. The molecule has 4 amide bonds. The van der Waals surface area contributed by atoms with Crippen molar-refractivity contribution in [3.63, 3.8) is 0 Å². The Kier molecular flexibility index (Phi) is 17.5. The molecule has 0 aliphatic rings. The summed E-state index contributed by atoms with van der Waals surface area (Å²) in [5.74, 6) is -2.58. The molecular formula is C18H22N8Ni2O4-8. The third-order valence-electron chi connectivity index (χ3n) is 3.41. The van der Waals surface area contributed by atoms with Gasteiger partial charge in [-0.25, -0.2) is 0 Å². The van der Waals surface area contributed by atoms with Crippen LogP contribution in [-0.2, 0) is 52.2 Å². The van der Waals surface area contributed by atoms with Gasteiger partial charge in [0.05, 0.1) is 23.6 Å². The fraction of sp³-hybridized carbons (Fsp3) is 0.444. The summed E-state index contributed by atoms with van der Waals surface area (Å²) in [4.78, 5) is 47.6. The average Bonchev–Trinajstić information content (AvgIpc) is 2.65. The molecular weight excluding hydrogens is 510 g/mol. The Balaban J connectivity index is 0. The average molecular weight is 532 g/mol. The van der Waals surface area contributed by atoms with Gasteiger partial charge in [-0.05, 0) is 25.7 Å². The Morgan fingerprint density at radius 1 is 0.500 bits per heavy atom. The fourth-order valence-electron chi connectivity index (χ4n) is 2.10. The smallest absolute Gasteiger partial charge is 0.0527 e. The molecule has 0 aromatic heterocycles. The van der Waals surface area contributed by atoms with Crippen LogP contribution in [0, 0.1) is 0 Å². The number of hydrogen-bond donors (Lipinski definition) is 0. The second-order valence-electron chi connectivity index (χ2n) is 5.85. The molecule has 0 radical (unpaired) electrons. The number of nitrogens with zero attached hydrogens (tertiary/aromatic N) is 4. The second-order valence-corrected chi connectivity index (χ2v) is 5.85. The second kappa shape index (κ2) is 17.5. The molecule has 0 heterocycles. The summed E-state index contributed by atoms with van der Waals surface area (Å²) in [7, 11) is 0. The molecule has 14 heteroatoms. The molecule has 1 aromatic carbocycles. The van der Waals surface area contributed by atoms with Crippen molar-refractivity contribution in [1.82, 2.24) is 0 Å². The van der Waals surface area contributed by atoms with Crippen molar-refractivity contribution >= 4 is 46.4 Å². The van der Waals surface area contributed by atoms with Gasteiger partial charge in [0.2, 0.25) is 0 Å². The van der Waals surface area contributed by atoms with Crippen molar-refractivity contribution in [1.29, 1.82) is 0 Å². The molecule has 0 unspecified atom stereocenters. The van der Waals surface area contributed by atoms with Crippen molar-refractivity contribution in [3.05, 3.63) is 56.3 Å². The van der Waals surface area contributed by atoms with Crippen LogP contribution in [0.4, 0.5) is 22.7 Å². The van der Waals surface area contributed by atoms with E-state index in [1.807, 2.05) is 0 Å². The van der Waals surface area contributed by atoms with Crippen LogP contribution in [0.15, 0.2) is 12.1 Å². The van der Waals surface area contributed by atoms with Gasteiger partial charge in [-0.1, -0.05) is 12.1 Å². The molecule has 0 bridgehead atoms. The molecule has 0 aliphatic carbocycles. The minimum Gasteiger partial charge on any atom is -0.677 e. The first kappa shape index (κ1) is 32.1. The zero-order valence-electron chi connectivity index (χ0n) is 16.9. The van der Waals surface area contributed by atoms with Crippen molar-refractivity contribution in [3.8, 4) is 0 Å². The SMILES string of the molecule is [NH-]CCC(=O)[N-]c1cc([N-]C(=O)CC[NH-])c([N-]C(=O)CC[NH-])cc1[N-]C(=O)CC[NH-].[Ni].[Ni]. The predicted octanol–water partition coefficient (Wildman–Crippen LogP) is 5.58. The number of nitrogens with one attached hydrogen (secondary N) is 4. The van der Waals surface area contributed by atoms with E-state index in [1.165, 1.54) is 12.1 Å². The Bertz CT molecular complexity index is 657. The van der Waals surface area contributed by atoms with Crippen LogP contribution < -0.4 is 0 Å². The topological polar surface area (TPSA) is 220 Å². The molecule has 4 N–H and O–H groups in total. The molecule has 186 valence electrons. The molecule has 0 saturated carbocycles. The molecule has 1 aromatic rings. The Hall–Kier alpha value is -2.07. The van der Waals surface area contributed by atoms with E-state index in [0.29, 0.717) is 0 Å². The fourth-order valence-corrected chi connectivity index (χ4v) is 2.10. The van der Waals surface area contributed by atoms with E-state index in [9.17, 15) is 19.2 Å². The van der Waals surface area contributed by atoms with Crippen LogP contribution in [0.2, 0.25) is 0 Å². The molecule has 0 aliphatic heterocycles. The minimum atomic E-state index is -0.646. The molecule has 0 saturated heterocycles. The van der Waals surface area contributed by atoms with Gasteiger partial charge in [-0.15, -0.1) is 26.2 Å². The van der Waals surface area contributed by atoms with Gasteiger partial charge in [0, 0.05) is 33.0 Å². The van der Waals surface area contributed by atoms with E-state index < -0.39 is 23.6 Å². The van der Waals surface area contributed by atoms with Crippen molar-refractivity contribution in [2.45, 2.75) is 25.7 Å². The van der Waals surface area contributed by atoms with Crippen LogP contribution in [0.3, 0.4) is 0 Å². The van der Waals surface area contributed by atoms with Gasteiger partial charge >= 0.3 is 0 Å². The maximum atomic E-state index is 11.9. The van der Waals surface area contributed by atoms with Crippen LogP contribution in [0.5, 0.6) is 0 Å². The molecule has 0 spiro atoms. The summed E-state index contributed by atoms with van der Waals surface area (Å²) < 4.78 is 0. The Labute approximate surface area is 206 Å². The van der Waals surface area contributed by atoms with Gasteiger partial charge in [0.15, 0.2) is 0 Å². The standard InChI is InChI=1S/C18H26N8O4.2Ni/c19-5-1-15(27)23-11-9-13(25-17(29)3-7-21)14(26-18(30)4-8-22)10-12(11)24-16(28)2-6-20;;/h9-10,19-22H,1-8H2,(H4,23,24,25,26,27,28,29,30);;/q-4;;/p-4. The van der Waals surface area contributed by atoms with Gasteiger partial charge in [0.25, 0.3) is 0 Å². The quantitative estimate of drug-likeness (QED) is 0.315. The van der Waals surface area contributed by atoms with E-state index >= 15 is 0 Å². The van der Waals surface area contributed by atoms with Crippen LogP contribution in [0.1, 0.15) is 25.7 Å². The minimum absolute atomic E-state index is 0. The number of amides is 4. The first-order chi connectivity index (χ1) is 14.3. The number of carbonyl (C=O) groups excluding carboxylic acids is 4. The molecule has 32 heavy (non-hydrogen) atoms. The van der Waals surface area contributed by atoms with Crippen LogP contribution in [-0.4, -0.2) is 49.8 Å². The van der Waals surface area contributed by atoms with E-state index in [0.717, 1.165) is 0 Å². The van der Waals surface area contributed by atoms with Gasteiger partial charge in [-0.3, -0.25) is 0 Å². The summed E-state index contributed by atoms with van der Waals surface area (Å²) in [5, 5.41) is 15.3. The van der Waals surface area contributed by atoms with E-state index in [-0.39, 0.29) is 108 Å². The van der Waals surface area contributed by atoms with Gasteiger partial charge in [-0.2, -0.15) is 22.7 Å². The number of hydrogen-bond acceptors (Lipinski definition) is 4. The summed E-state index contributed by atoms with van der Waals surface area (Å²) in [6.07, 6.45) is -0.673. The van der Waals surface area contributed by atoms with Crippen LogP contribution in [0.25, 0.3) is 44.2 Å². The normalized spacial score (nSPS) is 9.62. The number of rotatable bonds is 12. The maximum Gasteiger partial charge on any atom is 0.0527 e. The molecule has 1 rings (SSSR count). The first-order valence-corrected chi connectivity index (χ1v) is 9.09. The summed E-state index contributed by atoms with van der Waals surface area (Å²) in [6, 6.07) is 2.37. The monoisotopic (exact) mass is 530 g/mol. The predicted molar refractivity (Wildman–Crippen MR) is 114 cm³/mol. The Morgan fingerprint density at radius 3 is 0.844 bits per heavy atom. The summed E-state index contributed by atoms with van der Waals surface area (Å²) in [6.45, 7) is -0.774. The Morgan fingerprint density at radius 2 is 0.688 bits per heavy atom. The zero-order chi connectivity index (χ0) is 22.5. The number of carbonyl (C=O) groups is 4. The van der Waals surface area contributed by atoms with Crippen molar-refractivity contribution in [2.75, 3.05) is 26.2 Å².